The number of ether oxygens (including phenoxy) is 1. The lowest BCUT2D eigenvalue weighted by atomic mass is 10.1. The predicted octanol–water partition coefficient (Wildman–Crippen LogP) is 1.95. The number of nitrogens with zero attached hydrogens (tertiary/aromatic N) is 3. The normalized spacial score (nSPS) is 11.2. The van der Waals surface area contributed by atoms with E-state index in [-0.39, 0.29) is 0 Å². The van der Waals surface area contributed by atoms with Crippen molar-refractivity contribution in [2.24, 2.45) is 7.05 Å². The molecule has 1 aromatic heterocycles. The number of hydrogen-bond donors (Lipinski definition) is 1. The van der Waals surface area contributed by atoms with E-state index in [0.717, 1.165) is 36.6 Å². The van der Waals surface area contributed by atoms with E-state index < -0.39 is 0 Å². The van der Waals surface area contributed by atoms with Crippen molar-refractivity contribution in [1.82, 2.24) is 9.78 Å². The minimum absolute atomic E-state index is 0.470. The second-order valence-electron chi connectivity index (χ2n) is 4.60. The van der Waals surface area contributed by atoms with Gasteiger partial charge in [0.1, 0.15) is 0 Å². The van der Waals surface area contributed by atoms with Crippen molar-refractivity contribution in [2.75, 3.05) is 30.9 Å². The van der Waals surface area contributed by atoms with Gasteiger partial charge in [0.15, 0.2) is 5.82 Å². The number of anilines is 2. The minimum Gasteiger partial charge on any atom is -0.394 e. The summed E-state index contributed by atoms with van der Waals surface area (Å²) in [7, 11) is 3.67. The molecule has 0 amide bonds. The van der Waals surface area contributed by atoms with Crippen molar-refractivity contribution in [3.8, 4) is 0 Å². The molecular formula is C13H26N4O. The highest BCUT2D eigenvalue weighted by molar-refractivity contribution is 5.66. The van der Waals surface area contributed by atoms with Gasteiger partial charge in [-0.2, -0.15) is 5.10 Å². The lowest BCUT2D eigenvalue weighted by Crippen LogP contribution is -2.38. The molecule has 0 atom stereocenters. The zero-order valence-electron chi connectivity index (χ0n) is 12.2. The Morgan fingerprint density at radius 1 is 1.39 bits per heavy atom. The summed E-state index contributed by atoms with van der Waals surface area (Å²) in [6.07, 6.45) is 2.17. The van der Waals surface area contributed by atoms with Crippen LogP contribution in [0.25, 0.3) is 0 Å². The molecular weight excluding hydrogens is 228 g/mol. The van der Waals surface area contributed by atoms with E-state index in [0.29, 0.717) is 12.6 Å². The van der Waals surface area contributed by atoms with E-state index in [1.54, 1.807) is 7.11 Å². The standard InChI is InChI=1S/C13H26N4O/c1-6-11(7-2)17(8-9-18-5)13-12(14)10(3)15-16(13)4/h11H,6-9,14H2,1-5H3. The summed E-state index contributed by atoms with van der Waals surface area (Å²) in [6, 6.07) is 0.470. The zero-order valence-corrected chi connectivity index (χ0v) is 12.2. The summed E-state index contributed by atoms with van der Waals surface area (Å²) in [6.45, 7) is 7.88. The first-order valence-corrected chi connectivity index (χ1v) is 6.61. The predicted molar refractivity (Wildman–Crippen MR) is 75.9 cm³/mol. The Morgan fingerprint density at radius 3 is 2.39 bits per heavy atom. The van der Waals surface area contributed by atoms with E-state index in [9.17, 15) is 0 Å². The molecule has 0 fully saturated rings. The average Bonchev–Trinajstić information content (AvgIpc) is 2.60. The Hall–Kier alpha value is -1.23. The fraction of sp³-hybridized carbons (Fsp3) is 0.769. The lowest BCUT2D eigenvalue weighted by Gasteiger charge is -2.32. The number of aromatic nitrogens is 2. The largest absolute Gasteiger partial charge is 0.394 e. The monoisotopic (exact) mass is 254 g/mol. The van der Waals surface area contributed by atoms with Gasteiger partial charge in [0.25, 0.3) is 0 Å². The van der Waals surface area contributed by atoms with Crippen molar-refractivity contribution in [2.45, 2.75) is 39.7 Å². The van der Waals surface area contributed by atoms with Crippen LogP contribution in [0.1, 0.15) is 32.4 Å². The summed E-state index contributed by atoms with van der Waals surface area (Å²) in [4.78, 5) is 2.32. The van der Waals surface area contributed by atoms with Gasteiger partial charge in [-0.3, -0.25) is 4.68 Å². The van der Waals surface area contributed by atoms with Crippen molar-refractivity contribution in [3.63, 3.8) is 0 Å². The van der Waals surface area contributed by atoms with E-state index in [2.05, 4.69) is 23.8 Å². The van der Waals surface area contributed by atoms with Crippen LogP contribution in [0.3, 0.4) is 0 Å². The molecule has 104 valence electrons. The van der Waals surface area contributed by atoms with Gasteiger partial charge in [0.05, 0.1) is 18.0 Å². The summed E-state index contributed by atoms with van der Waals surface area (Å²) in [5.41, 5.74) is 7.83. The lowest BCUT2D eigenvalue weighted by molar-refractivity contribution is 0.202. The molecule has 0 aromatic carbocycles. The van der Waals surface area contributed by atoms with E-state index >= 15 is 0 Å². The molecule has 0 radical (unpaired) electrons. The van der Waals surface area contributed by atoms with Gasteiger partial charge < -0.3 is 15.4 Å². The second-order valence-corrected chi connectivity index (χ2v) is 4.60. The van der Waals surface area contributed by atoms with E-state index in [4.69, 9.17) is 10.5 Å². The molecule has 5 nitrogen and oxygen atoms in total. The Labute approximate surface area is 110 Å². The maximum atomic E-state index is 6.16. The molecule has 0 spiro atoms. The zero-order chi connectivity index (χ0) is 13.7. The Kier molecular flexibility index (Phi) is 5.47. The Morgan fingerprint density at radius 2 is 2.00 bits per heavy atom. The quantitative estimate of drug-likeness (QED) is 0.808. The van der Waals surface area contributed by atoms with Crippen LogP contribution in [-0.4, -0.2) is 36.1 Å². The highest BCUT2D eigenvalue weighted by atomic mass is 16.5. The van der Waals surface area contributed by atoms with Gasteiger partial charge in [-0.05, 0) is 19.8 Å². The van der Waals surface area contributed by atoms with Crippen LogP contribution in [0.2, 0.25) is 0 Å². The van der Waals surface area contributed by atoms with Crippen LogP contribution in [0.4, 0.5) is 11.5 Å². The van der Waals surface area contributed by atoms with Crippen LogP contribution in [-0.2, 0) is 11.8 Å². The Balaban J connectivity index is 3.07. The molecule has 0 aliphatic heterocycles. The number of nitrogens with two attached hydrogens (primary N) is 1. The molecule has 0 aliphatic rings. The van der Waals surface area contributed by atoms with Crippen molar-refractivity contribution < 1.29 is 4.74 Å². The highest BCUT2D eigenvalue weighted by Crippen LogP contribution is 2.28. The fourth-order valence-corrected chi connectivity index (χ4v) is 2.38. The molecule has 18 heavy (non-hydrogen) atoms. The van der Waals surface area contributed by atoms with Crippen LogP contribution >= 0.6 is 0 Å². The summed E-state index contributed by atoms with van der Waals surface area (Å²) in [5.74, 6) is 1.01. The third-order valence-electron chi connectivity index (χ3n) is 3.43. The molecule has 0 unspecified atom stereocenters. The van der Waals surface area contributed by atoms with Crippen molar-refractivity contribution in [3.05, 3.63) is 5.69 Å². The maximum absolute atomic E-state index is 6.16. The fourth-order valence-electron chi connectivity index (χ4n) is 2.38. The molecule has 0 bridgehead atoms. The smallest absolute Gasteiger partial charge is 0.150 e. The van der Waals surface area contributed by atoms with Crippen LogP contribution < -0.4 is 10.6 Å². The molecule has 2 N–H and O–H groups in total. The summed E-state index contributed by atoms with van der Waals surface area (Å²) >= 11 is 0. The number of hydrogen-bond acceptors (Lipinski definition) is 4. The first-order chi connectivity index (χ1) is 8.56. The van der Waals surface area contributed by atoms with Gasteiger partial charge in [0, 0.05) is 26.7 Å². The summed E-state index contributed by atoms with van der Waals surface area (Å²) < 4.78 is 7.08. The second kappa shape index (κ2) is 6.64. The van der Waals surface area contributed by atoms with Crippen molar-refractivity contribution >= 4 is 11.5 Å². The van der Waals surface area contributed by atoms with Gasteiger partial charge in [-0.15, -0.1) is 0 Å². The van der Waals surface area contributed by atoms with E-state index in [1.807, 2.05) is 18.7 Å². The molecule has 5 heteroatoms. The van der Waals surface area contributed by atoms with Gasteiger partial charge >= 0.3 is 0 Å². The molecule has 0 aliphatic carbocycles. The minimum atomic E-state index is 0.470. The van der Waals surface area contributed by atoms with E-state index in [1.165, 1.54) is 0 Å². The number of rotatable bonds is 7. The highest BCUT2D eigenvalue weighted by Gasteiger charge is 2.22. The van der Waals surface area contributed by atoms with Crippen LogP contribution in [0.5, 0.6) is 0 Å². The van der Waals surface area contributed by atoms with Crippen LogP contribution in [0.15, 0.2) is 0 Å². The van der Waals surface area contributed by atoms with Gasteiger partial charge in [-0.1, -0.05) is 13.8 Å². The third kappa shape index (κ3) is 2.96. The number of aryl methyl sites for hydroxylation is 2. The molecule has 0 saturated carbocycles. The SMILES string of the molecule is CCC(CC)N(CCOC)c1c(N)c(C)nn1C. The molecule has 1 rings (SSSR count). The van der Waals surface area contributed by atoms with Gasteiger partial charge in [-0.25, -0.2) is 0 Å². The third-order valence-corrected chi connectivity index (χ3v) is 3.43. The Bertz CT molecular complexity index is 371. The van der Waals surface area contributed by atoms with Crippen LogP contribution in [0, 0.1) is 6.92 Å². The van der Waals surface area contributed by atoms with Crippen molar-refractivity contribution in [1.29, 1.82) is 0 Å². The first kappa shape index (κ1) is 14.8. The molecule has 1 heterocycles. The first-order valence-electron chi connectivity index (χ1n) is 6.61. The topological polar surface area (TPSA) is 56.3 Å². The molecule has 1 aromatic rings. The van der Waals surface area contributed by atoms with Gasteiger partial charge in [0.2, 0.25) is 0 Å². The number of nitrogen functional groups attached to an aromatic ring is 1. The number of methoxy groups -OCH3 is 1. The summed E-state index contributed by atoms with van der Waals surface area (Å²) in [5, 5.41) is 4.40. The molecule has 0 saturated heterocycles. The maximum Gasteiger partial charge on any atom is 0.150 e. The average molecular weight is 254 g/mol.